The van der Waals surface area contributed by atoms with E-state index < -0.39 is 5.60 Å². The second kappa shape index (κ2) is 2.82. The first kappa shape index (κ1) is 9.68. The molecule has 1 rings (SSSR count). The quantitative estimate of drug-likeness (QED) is 0.649. The minimum atomic E-state index is -0.974. The third-order valence-electron chi connectivity index (χ3n) is 2.02. The van der Waals surface area contributed by atoms with E-state index in [0.717, 1.165) is 0 Å². The normalized spacial score (nSPS) is 20.7. The molecule has 3 nitrogen and oxygen atoms in total. The lowest BCUT2D eigenvalue weighted by Gasteiger charge is -2.20. The van der Waals surface area contributed by atoms with E-state index in [4.69, 9.17) is 0 Å². The number of hydrogen-bond donors (Lipinski definition) is 2. The van der Waals surface area contributed by atoms with Crippen LogP contribution in [0.15, 0.2) is 0 Å². The molecule has 1 fully saturated rings. The monoisotopic (exact) mass is 171 g/mol. The lowest BCUT2D eigenvalue weighted by Crippen LogP contribution is -2.42. The molecule has 0 saturated heterocycles. The predicted octanol–water partition coefficient (Wildman–Crippen LogP) is 0.468. The zero-order valence-corrected chi connectivity index (χ0v) is 7.98. The Labute approximate surface area is 73.2 Å². The minimum Gasteiger partial charge on any atom is -0.382 e. The Kier molecular flexibility index (Phi) is 2.27. The van der Waals surface area contributed by atoms with Crippen molar-refractivity contribution in [1.29, 1.82) is 0 Å². The number of Topliss-reactive ketones (excluding diaryl/α,β-unsaturated/α-hetero) is 1. The van der Waals surface area contributed by atoms with Crippen LogP contribution in [0.2, 0.25) is 0 Å². The summed E-state index contributed by atoms with van der Waals surface area (Å²) >= 11 is 0. The highest BCUT2D eigenvalue weighted by molar-refractivity contribution is 5.91. The lowest BCUT2D eigenvalue weighted by molar-refractivity contribution is -0.128. The molecule has 3 heteroatoms. The number of hydrogen-bond acceptors (Lipinski definition) is 3. The van der Waals surface area contributed by atoms with E-state index in [9.17, 15) is 9.90 Å². The fourth-order valence-corrected chi connectivity index (χ4v) is 0.907. The van der Waals surface area contributed by atoms with Crippen LogP contribution < -0.4 is 5.32 Å². The number of carbonyl (C=O) groups is 1. The zero-order valence-electron chi connectivity index (χ0n) is 7.98. The molecule has 2 N–H and O–H groups in total. The Bertz CT molecular complexity index is 189. The minimum absolute atomic E-state index is 0.0547. The van der Waals surface area contributed by atoms with Crippen LogP contribution in [-0.2, 0) is 4.79 Å². The van der Waals surface area contributed by atoms with E-state index in [1.54, 1.807) is 0 Å². The van der Waals surface area contributed by atoms with Crippen LogP contribution in [0.4, 0.5) is 0 Å². The Balaban J connectivity index is 2.29. The van der Waals surface area contributed by atoms with Gasteiger partial charge in [-0.1, -0.05) is 0 Å². The summed E-state index contributed by atoms with van der Waals surface area (Å²) in [6, 6.07) is 0. The van der Waals surface area contributed by atoms with E-state index in [1.807, 2.05) is 20.8 Å². The summed E-state index contributed by atoms with van der Waals surface area (Å²) < 4.78 is 0. The number of aliphatic hydroxyl groups is 1. The largest absolute Gasteiger partial charge is 0.382 e. The second-order valence-electron chi connectivity index (χ2n) is 4.56. The van der Waals surface area contributed by atoms with Crippen LogP contribution in [0.1, 0.15) is 33.6 Å². The number of carbonyl (C=O) groups excluding carboxylic acids is 1. The molecule has 0 heterocycles. The summed E-state index contributed by atoms with van der Waals surface area (Å²) in [6.45, 7) is 6.27. The van der Waals surface area contributed by atoms with Crippen molar-refractivity contribution in [2.45, 2.75) is 44.8 Å². The summed E-state index contributed by atoms with van der Waals surface area (Å²) in [5.74, 6) is -0.0718. The molecule has 0 aromatic carbocycles. The van der Waals surface area contributed by atoms with Gasteiger partial charge < -0.3 is 10.4 Å². The topological polar surface area (TPSA) is 49.3 Å². The Morgan fingerprint density at radius 3 is 2.33 bits per heavy atom. The van der Waals surface area contributed by atoms with Crippen molar-refractivity contribution in [1.82, 2.24) is 5.32 Å². The van der Waals surface area contributed by atoms with E-state index in [0.29, 0.717) is 12.8 Å². The maximum absolute atomic E-state index is 11.3. The molecule has 12 heavy (non-hydrogen) atoms. The highest BCUT2D eigenvalue weighted by atomic mass is 16.3. The number of nitrogens with one attached hydrogen (secondary N) is 1. The smallest absolute Gasteiger partial charge is 0.178 e. The molecule has 0 aromatic heterocycles. The standard InChI is InChI=1S/C9H17NO2/c1-8(2,3)10-6-7(11)9(12)4-5-9/h10,12H,4-6H2,1-3H3. The molecule has 0 aromatic rings. The third-order valence-corrected chi connectivity index (χ3v) is 2.02. The van der Waals surface area contributed by atoms with E-state index in [1.165, 1.54) is 0 Å². The van der Waals surface area contributed by atoms with Gasteiger partial charge in [-0.3, -0.25) is 4.79 Å². The van der Waals surface area contributed by atoms with Gasteiger partial charge in [0, 0.05) is 5.54 Å². The molecule has 1 aliphatic carbocycles. The summed E-state index contributed by atoms with van der Waals surface area (Å²) in [5, 5.41) is 12.5. The van der Waals surface area contributed by atoms with Crippen molar-refractivity contribution >= 4 is 5.78 Å². The molecule has 0 atom stereocenters. The van der Waals surface area contributed by atoms with Gasteiger partial charge in [-0.05, 0) is 33.6 Å². The summed E-state index contributed by atoms with van der Waals surface area (Å²) in [4.78, 5) is 11.3. The van der Waals surface area contributed by atoms with Crippen molar-refractivity contribution < 1.29 is 9.90 Å². The average molecular weight is 171 g/mol. The van der Waals surface area contributed by atoms with Gasteiger partial charge in [0.25, 0.3) is 0 Å². The van der Waals surface area contributed by atoms with Crippen molar-refractivity contribution in [2.75, 3.05) is 6.54 Å². The van der Waals surface area contributed by atoms with Gasteiger partial charge in [0.15, 0.2) is 5.78 Å². The van der Waals surface area contributed by atoms with Gasteiger partial charge >= 0.3 is 0 Å². The van der Waals surface area contributed by atoms with Crippen molar-refractivity contribution in [3.8, 4) is 0 Å². The fourth-order valence-electron chi connectivity index (χ4n) is 0.907. The van der Waals surface area contributed by atoms with Crippen LogP contribution in [0.25, 0.3) is 0 Å². The van der Waals surface area contributed by atoms with Crippen LogP contribution in [0, 0.1) is 0 Å². The van der Waals surface area contributed by atoms with Gasteiger partial charge in [-0.25, -0.2) is 0 Å². The molecular weight excluding hydrogens is 154 g/mol. The van der Waals surface area contributed by atoms with E-state index >= 15 is 0 Å². The first-order valence-electron chi connectivity index (χ1n) is 4.34. The van der Waals surface area contributed by atoms with Gasteiger partial charge in [0.1, 0.15) is 5.60 Å². The highest BCUT2D eigenvalue weighted by Crippen LogP contribution is 2.35. The molecular formula is C9H17NO2. The van der Waals surface area contributed by atoms with E-state index in [2.05, 4.69) is 5.32 Å². The molecule has 0 unspecified atom stereocenters. The lowest BCUT2D eigenvalue weighted by atomic mass is 10.1. The van der Waals surface area contributed by atoms with Crippen molar-refractivity contribution in [3.05, 3.63) is 0 Å². The molecule has 1 aliphatic rings. The zero-order chi connectivity index (χ0) is 9.41. The van der Waals surface area contributed by atoms with Gasteiger partial charge in [0.2, 0.25) is 0 Å². The Morgan fingerprint density at radius 1 is 1.50 bits per heavy atom. The molecule has 0 spiro atoms. The maximum atomic E-state index is 11.3. The van der Waals surface area contributed by atoms with Crippen LogP contribution in [-0.4, -0.2) is 28.6 Å². The Morgan fingerprint density at radius 2 is 2.00 bits per heavy atom. The van der Waals surface area contributed by atoms with Crippen LogP contribution in [0.5, 0.6) is 0 Å². The van der Waals surface area contributed by atoms with E-state index in [-0.39, 0.29) is 17.9 Å². The first-order chi connectivity index (χ1) is 5.33. The van der Waals surface area contributed by atoms with Crippen molar-refractivity contribution in [2.24, 2.45) is 0 Å². The first-order valence-corrected chi connectivity index (χ1v) is 4.34. The summed E-state index contributed by atoms with van der Waals surface area (Å²) in [6.07, 6.45) is 1.27. The summed E-state index contributed by atoms with van der Waals surface area (Å²) in [7, 11) is 0. The van der Waals surface area contributed by atoms with Crippen LogP contribution in [0.3, 0.4) is 0 Å². The molecule has 0 radical (unpaired) electrons. The SMILES string of the molecule is CC(C)(C)NCC(=O)C1(O)CC1. The van der Waals surface area contributed by atoms with Crippen LogP contribution >= 0.6 is 0 Å². The molecule has 1 saturated carbocycles. The molecule has 0 bridgehead atoms. The molecule has 0 aliphatic heterocycles. The highest BCUT2D eigenvalue weighted by Gasteiger charge is 2.47. The number of ketones is 1. The van der Waals surface area contributed by atoms with Gasteiger partial charge in [0.05, 0.1) is 6.54 Å². The Hall–Kier alpha value is -0.410. The summed E-state index contributed by atoms with van der Waals surface area (Å²) in [5.41, 5.74) is -1.03. The third kappa shape index (κ3) is 2.57. The second-order valence-corrected chi connectivity index (χ2v) is 4.56. The average Bonchev–Trinajstić information content (AvgIpc) is 2.62. The fraction of sp³-hybridized carbons (Fsp3) is 0.889. The van der Waals surface area contributed by atoms with Crippen molar-refractivity contribution in [3.63, 3.8) is 0 Å². The molecule has 0 amide bonds. The maximum Gasteiger partial charge on any atom is 0.178 e. The predicted molar refractivity (Wildman–Crippen MR) is 46.9 cm³/mol. The van der Waals surface area contributed by atoms with Gasteiger partial charge in [-0.2, -0.15) is 0 Å². The van der Waals surface area contributed by atoms with Gasteiger partial charge in [-0.15, -0.1) is 0 Å². The molecule has 70 valence electrons. The number of rotatable bonds is 3.